The van der Waals surface area contributed by atoms with Crippen LogP contribution in [0.3, 0.4) is 0 Å². The van der Waals surface area contributed by atoms with Gasteiger partial charge in [0.2, 0.25) is 11.5 Å². The minimum atomic E-state index is -5.11. The molecule has 0 bridgehead atoms. The smallest absolute Gasteiger partial charge is 0.426 e. The molecule has 1 aromatic rings. The Labute approximate surface area is 175 Å². The van der Waals surface area contributed by atoms with E-state index in [1.807, 2.05) is 0 Å². The largest absolute Gasteiger partial charge is 0.612 e. The first-order valence-electron chi connectivity index (χ1n) is 9.54. The van der Waals surface area contributed by atoms with E-state index in [9.17, 15) is 26.9 Å². The van der Waals surface area contributed by atoms with Crippen molar-refractivity contribution in [2.45, 2.75) is 55.5 Å². The highest BCUT2D eigenvalue weighted by atomic mass is 32.2. The average Bonchev–Trinajstić information content (AvgIpc) is 3.00. The van der Waals surface area contributed by atoms with E-state index in [1.54, 1.807) is 38.1 Å². The van der Waals surface area contributed by atoms with Crippen molar-refractivity contribution in [2.24, 2.45) is 0 Å². The van der Waals surface area contributed by atoms with E-state index in [-0.39, 0.29) is 16.9 Å². The van der Waals surface area contributed by atoms with E-state index < -0.39 is 40.8 Å². The summed E-state index contributed by atoms with van der Waals surface area (Å²) in [6.45, 7) is 3.52. The number of halogens is 4. The summed E-state index contributed by atoms with van der Waals surface area (Å²) in [4.78, 5) is 13.9. The zero-order valence-electron chi connectivity index (χ0n) is 16.8. The monoisotopic (exact) mass is 442 g/mol. The average molecular weight is 442 g/mol. The Hall–Kier alpha value is -2.06. The topological polar surface area (TPSA) is 49.4 Å². The molecule has 3 rings (SSSR count). The van der Waals surface area contributed by atoms with Crippen molar-refractivity contribution >= 4 is 22.7 Å². The molecule has 1 aromatic carbocycles. The van der Waals surface area contributed by atoms with Gasteiger partial charge in [-0.25, -0.2) is 4.39 Å². The van der Waals surface area contributed by atoms with Crippen LogP contribution >= 0.6 is 0 Å². The third kappa shape index (κ3) is 3.71. The molecule has 162 valence electrons. The highest BCUT2D eigenvalue weighted by molar-refractivity contribution is 7.90. The number of Topliss-reactive ketones (excluding diaryl/α,β-unsaturated/α-hetero) is 1. The Morgan fingerprint density at radius 2 is 1.77 bits per heavy atom. The maximum atomic E-state index is 14.7. The molecule has 0 aromatic heterocycles. The van der Waals surface area contributed by atoms with Gasteiger partial charge in [-0.1, -0.05) is 26.0 Å². The lowest BCUT2D eigenvalue weighted by Crippen LogP contribution is -2.41. The Balaban J connectivity index is 2.13. The number of ketones is 1. The van der Waals surface area contributed by atoms with E-state index in [1.165, 1.54) is 12.3 Å². The molecule has 2 unspecified atom stereocenters. The summed E-state index contributed by atoms with van der Waals surface area (Å²) in [7, 11) is 0. The molecule has 0 fully saturated rings. The van der Waals surface area contributed by atoms with E-state index in [4.69, 9.17) is 4.74 Å². The number of benzene rings is 1. The summed E-state index contributed by atoms with van der Waals surface area (Å²) < 4.78 is 72.3. The number of allylic oxidation sites excluding steroid dienone is 4. The predicted molar refractivity (Wildman–Crippen MR) is 107 cm³/mol. The van der Waals surface area contributed by atoms with Gasteiger partial charge in [0.1, 0.15) is 12.0 Å². The number of alkyl halides is 4. The highest BCUT2D eigenvalue weighted by Crippen LogP contribution is 2.48. The molecule has 1 heterocycles. The van der Waals surface area contributed by atoms with Gasteiger partial charge in [0, 0.05) is 12.0 Å². The predicted octanol–water partition coefficient (Wildman–Crippen LogP) is 5.45. The summed E-state index contributed by atoms with van der Waals surface area (Å²) in [5.41, 5.74) is -4.38. The van der Waals surface area contributed by atoms with Crippen LogP contribution < -0.4 is 0 Å². The van der Waals surface area contributed by atoms with Gasteiger partial charge in [0.15, 0.2) is 10.5 Å². The lowest BCUT2D eigenvalue weighted by atomic mass is 9.81. The first-order chi connectivity index (χ1) is 14.0. The normalized spacial score (nSPS) is 24.7. The van der Waals surface area contributed by atoms with Gasteiger partial charge in [-0.3, -0.25) is 4.79 Å². The van der Waals surface area contributed by atoms with Crippen LogP contribution in [0.2, 0.25) is 0 Å². The van der Waals surface area contributed by atoms with Crippen LogP contribution in [0.25, 0.3) is 5.76 Å². The minimum absolute atomic E-state index is 0.0281. The molecule has 2 aliphatic rings. The van der Waals surface area contributed by atoms with Crippen molar-refractivity contribution in [1.29, 1.82) is 0 Å². The zero-order valence-corrected chi connectivity index (χ0v) is 17.6. The molecule has 0 saturated heterocycles. The summed E-state index contributed by atoms with van der Waals surface area (Å²) >= 11 is -1.22. The minimum Gasteiger partial charge on any atom is -0.612 e. The van der Waals surface area contributed by atoms with Crippen LogP contribution in [0.4, 0.5) is 17.6 Å². The van der Waals surface area contributed by atoms with E-state index in [2.05, 4.69) is 0 Å². The Morgan fingerprint density at radius 3 is 2.27 bits per heavy atom. The molecular weight excluding hydrogens is 420 g/mol. The third-order valence-corrected chi connectivity index (χ3v) is 6.59. The fourth-order valence-corrected chi connectivity index (χ4v) is 4.23. The standard InChI is InChI=1S/C22H22F4O3S/c1-4-20(5-2)19(27)17(15-7-6-12-21(23,13-15)22(24,25)26)18(29-20)14-8-10-16(11-9-14)30(3)28/h6-12H,4-5,13H2,1-3H3. The lowest BCUT2D eigenvalue weighted by Gasteiger charge is -2.28. The van der Waals surface area contributed by atoms with Gasteiger partial charge in [-0.2, -0.15) is 13.2 Å². The van der Waals surface area contributed by atoms with Crippen molar-refractivity contribution < 1.29 is 31.6 Å². The quantitative estimate of drug-likeness (QED) is 0.450. The summed E-state index contributed by atoms with van der Waals surface area (Å²) in [6.07, 6.45) is -1.17. The van der Waals surface area contributed by atoms with E-state index in [0.717, 1.165) is 6.08 Å². The van der Waals surface area contributed by atoms with E-state index in [0.29, 0.717) is 29.4 Å². The van der Waals surface area contributed by atoms with Crippen molar-refractivity contribution in [3.63, 3.8) is 0 Å². The van der Waals surface area contributed by atoms with Crippen molar-refractivity contribution in [3.05, 3.63) is 59.2 Å². The zero-order chi connectivity index (χ0) is 22.3. The fraction of sp³-hybridized carbons (Fsp3) is 0.409. The van der Waals surface area contributed by atoms with Crippen LogP contribution in [-0.2, 0) is 20.7 Å². The molecule has 0 radical (unpaired) electrons. The van der Waals surface area contributed by atoms with Gasteiger partial charge in [0.25, 0.3) is 0 Å². The number of carbonyl (C=O) groups excluding carboxylic acids is 1. The van der Waals surface area contributed by atoms with Crippen LogP contribution in [0.15, 0.2) is 58.5 Å². The first kappa shape index (κ1) is 22.6. The lowest BCUT2D eigenvalue weighted by molar-refractivity contribution is -0.211. The van der Waals surface area contributed by atoms with Crippen molar-refractivity contribution in [2.75, 3.05) is 6.26 Å². The van der Waals surface area contributed by atoms with Crippen LogP contribution in [0.5, 0.6) is 0 Å². The number of hydrogen-bond donors (Lipinski definition) is 0. The Bertz CT molecular complexity index is 925. The van der Waals surface area contributed by atoms with E-state index >= 15 is 0 Å². The molecule has 3 nitrogen and oxygen atoms in total. The van der Waals surface area contributed by atoms with Gasteiger partial charge < -0.3 is 9.29 Å². The van der Waals surface area contributed by atoms with Gasteiger partial charge in [0.05, 0.1) is 5.57 Å². The fourth-order valence-electron chi connectivity index (χ4n) is 3.71. The summed E-state index contributed by atoms with van der Waals surface area (Å²) in [5, 5.41) is 0. The second-order valence-electron chi connectivity index (χ2n) is 7.40. The molecule has 30 heavy (non-hydrogen) atoms. The molecule has 8 heteroatoms. The van der Waals surface area contributed by atoms with Gasteiger partial charge >= 0.3 is 6.18 Å². The Morgan fingerprint density at radius 1 is 1.17 bits per heavy atom. The second-order valence-corrected chi connectivity index (χ2v) is 8.78. The summed E-state index contributed by atoms with van der Waals surface area (Å²) in [5.74, 6) is -0.320. The third-order valence-electron chi connectivity index (χ3n) is 5.65. The second kappa shape index (κ2) is 7.89. The highest BCUT2D eigenvalue weighted by Gasteiger charge is 2.57. The molecule has 1 aliphatic carbocycles. The summed E-state index contributed by atoms with van der Waals surface area (Å²) in [6, 6.07) is 6.41. The number of hydrogen-bond acceptors (Lipinski definition) is 3. The van der Waals surface area contributed by atoms with Gasteiger partial charge in [-0.05, 0) is 59.9 Å². The maximum absolute atomic E-state index is 14.7. The van der Waals surface area contributed by atoms with Crippen LogP contribution in [0.1, 0.15) is 38.7 Å². The van der Waals surface area contributed by atoms with Crippen molar-refractivity contribution in [3.8, 4) is 0 Å². The maximum Gasteiger partial charge on any atom is 0.426 e. The molecule has 2 atom stereocenters. The molecule has 1 aliphatic heterocycles. The number of rotatable bonds is 5. The number of ether oxygens (including phenoxy) is 1. The number of carbonyl (C=O) groups is 1. The molecule has 0 saturated carbocycles. The first-order valence-corrected chi connectivity index (χ1v) is 11.1. The molecular formula is C22H22F4O3S. The van der Waals surface area contributed by atoms with Crippen molar-refractivity contribution in [1.82, 2.24) is 0 Å². The Kier molecular flexibility index (Phi) is 5.95. The van der Waals surface area contributed by atoms with Crippen LogP contribution in [0, 0.1) is 0 Å². The van der Waals surface area contributed by atoms with Gasteiger partial charge in [-0.15, -0.1) is 0 Å². The SMILES string of the molecule is CCC1(CC)OC(c2ccc([S+](C)[O-])cc2)=C(C2=CC=CC(F)(C(F)(F)F)C2)C1=O. The molecule has 0 N–H and O–H groups in total. The van der Waals surface area contributed by atoms with Crippen LogP contribution in [-0.4, -0.2) is 34.0 Å². The molecule has 0 spiro atoms. The molecule has 0 amide bonds.